The summed E-state index contributed by atoms with van der Waals surface area (Å²) >= 11 is 0. The first kappa shape index (κ1) is 79.4. The van der Waals surface area contributed by atoms with Crippen molar-refractivity contribution in [3.05, 3.63) is 364 Å². The molecule has 24 heteroatoms. The standard InChI is InChI=1S/C46H30N4.C35H20F9N3O3S.C15H12BNO2/c1-3-13-32(14-4-1)44-48-45(33-15-5-2-6-16-33)50-46(49-44)37-21-10-19-35(30-37)39-27-26-38(41-23-7-8-24-42(39)41)34-18-9-20-36(29-34)40-25-11-17-31-22-12-28-47-43(31)40;36-32(37,34(40,41)42)33(38,39)35(43,44)51(48,49)50-28-19-18-25(26-16-7-8-17-27(26)28)23-14-9-15-24(20-23)31-46-29(21-10-3-1-4-11-21)45-30(47-31)22-12-5-2-6-13-22;18-16(19)13-7-1-5-12(10-13)14-8-2-4-11-6-3-9-17-15(11)14/h1-30H;1-20H;1-10,18-19H. The zero-order valence-corrected chi connectivity index (χ0v) is 63.5. The van der Waals surface area contributed by atoms with Gasteiger partial charge >= 0.3 is 40.5 Å². The minimum atomic E-state index is -7.44. The van der Waals surface area contributed by atoms with Gasteiger partial charge in [0.1, 0.15) is 0 Å². The normalized spacial score (nSPS) is 11.9. The third-order valence-corrected chi connectivity index (χ3v) is 21.2. The Labute approximate surface area is 681 Å². The highest BCUT2D eigenvalue weighted by Crippen LogP contribution is 2.55. The molecule has 0 aliphatic heterocycles. The monoisotopic (exact) mass is 1620 g/mol. The maximum absolute atomic E-state index is 14.5. The summed E-state index contributed by atoms with van der Waals surface area (Å²) in [7, 11) is -8.62. The zero-order valence-electron chi connectivity index (χ0n) is 62.7. The van der Waals surface area contributed by atoms with Crippen molar-refractivity contribution >= 4 is 66.1 Å². The average Bonchev–Trinajstić information content (AvgIpc) is 0.726. The molecule has 0 spiro atoms. The van der Waals surface area contributed by atoms with Gasteiger partial charge in [-0.15, -0.1) is 0 Å². The first-order chi connectivity index (χ1) is 58.0. The van der Waals surface area contributed by atoms with E-state index in [0.717, 1.165) is 84.0 Å². The smallest absolute Gasteiger partial charge is 0.423 e. The minimum Gasteiger partial charge on any atom is -0.423 e. The first-order valence-electron chi connectivity index (χ1n) is 37.4. The van der Waals surface area contributed by atoms with E-state index in [1.54, 1.807) is 42.6 Å². The third-order valence-electron chi connectivity index (χ3n) is 19.9. The maximum Gasteiger partial charge on any atom is 0.488 e. The maximum atomic E-state index is 14.5. The van der Waals surface area contributed by atoms with E-state index < -0.39 is 46.3 Å². The van der Waals surface area contributed by atoms with E-state index in [-0.39, 0.29) is 16.6 Å². The van der Waals surface area contributed by atoms with Crippen molar-refractivity contribution in [1.29, 1.82) is 0 Å². The summed E-state index contributed by atoms with van der Waals surface area (Å²) in [5.74, 6) is -13.0. The van der Waals surface area contributed by atoms with E-state index in [2.05, 4.69) is 133 Å². The Hall–Kier alpha value is -14.5. The van der Waals surface area contributed by atoms with Gasteiger partial charge in [-0.05, 0) is 109 Å². The number of rotatable bonds is 17. The molecule has 0 bridgehead atoms. The molecule has 2 N–H and O–H groups in total. The Morgan fingerprint density at radius 3 is 0.950 bits per heavy atom. The van der Waals surface area contributed by atoms with Crippen LogP contribution in [0.15, 0.2) is 364 Å². The molecule has 0 aliphatic rings. The first-order valence-corrected chi connectivity index (χ1v) is 38.8. The fourth-order valence-corrected chi connectivity index (χ4v) is 14.9. The molecular formula is C96H62BF9N8O5S. The van der Waals surface area contributed by atoms with E-state index in [4.69, 9.17) is 19.9 Å². The summed E-state index contributed by atoms with van der Waals surface area (Å²) in [6, 6.07) is 110. The van der Waals surface area contributed by atoms with E-state index >= 15 is 0 Å². The molecule has 0 radical (unpaired) electrons. The Bertz CT molecular complexity index is 6830. The molecule has 0 aliphatic carbocycles. The van der Waals surface area contributed by atoms with Crippen LogP contribution in [-0.4, -0.2) is 88.7 Å². The lowest BCUT2D eigenvalue weighted by Crippen LogP contribution is -2.63. The van der Waals surface area contributed by atoms with Gasteiger partial charge in [0.25, 0.3) is 0 Å². The van der Waals surface area contributed by atoms with E-state index in [9.17, 15) is 58.0 Å². The lowest BCUT2D eigenvalue weighted by molar-refractivity contribution is -0.382. The van der Waals surface area contributed by atoms with Gasteiger partial charge in [0.15, 0.2) is 40.7 Å². The molecule has 588 valence electrons. The van der Waals surface area contributed by atoms with Gasteiger partial charge in [0.2, 0.25) is 0 Å². The van der Waals surface area contributed by atoms with Crippen molar-refractivity contribution in [3.63, 3.8) is 0 Å². The van der Waals surface area contributed by atoms with Crippen LogP contribution >= 0.6 is 0 Å². The molecule has 0 atom stereocenters. The number of benzene rings is 14. The van der Waals surface area contributed by atoms with Crippen LogP contribution in [0.3, 0.4) is 0 Å². The van der Waals surface area contributed by atoms with Crippen LogP contribution in [0.2, 0.25) is 0 Å². The molecule has 4 aromatic heterocycles. The second-order valence-corrected chi connectivity index (χ2v) is 29.2. The Kier molecular flexibility index (Phi) is 22.0. The highest BCUT2D eigenvalue weighted by atomic mass is 32.2. The number of nitrogens with zero attached hydrogens (tertiary/aromatic N) is 8. The highest BCUT2D eigenvalue weighted by Gasteiger charge is 2.86. The number of alkyl halides is 9. The van der Waals surface area contributed by atoms with Crippen molar-refractivity contribution in [2.75, 3.05) is 0 Å². The molecule has 18 rings (SSSR count). The number of pyridine rings is 2. The molecule has 18 aromatic rings. The Morgan fingerprint density at radius 2 is 0.567 bits per heavy atom. The highest BCUT2D eigenvalue weighted by molar-refractivity contribution is 7.88. The van der Waals surface area contributed by atoms with Crippen molar-refractivity contribution in [1.82, 2.24) is 39.9 Å². The second kappa shape index (κ2) is 33.3. The molecule has 120 heavy (non-hydrogen) atoms. The minimum absolute atomic E-state index is 0.114. The van der Waals surface area contributed by atoms with Gasteiger partial charge in [-0.2, -0.15) is 47.9 Å². The van der Waals surface area contributed by atoms with Crippen LogP contribution in [0.25, 0.3) is 167 Å². The Morgan fingerprint density at radius 1 is 0.275 bits per heavy atom. The van der Waals surface area contributed by atoms with Crippen LogP contribution < -0.4 is 9.65 Å². The number of fused-ring (bicyclic) bond motifs is 4. The van der Waals surface area contributed by atoms with Gasteiger partial charge in [0.05, 0.1) is 11.0 Å². The predicted molar refractivity (Wildman–Crippen MR) is 452 cm³/mol. The second-order valence-electron chi connectivity index (χ2n) is 27.6. The summed E-state index contributed by atoms with van der Waals surface area (Å²) in [5, 5.41) is 15.9. The summed E-state index contributed by atoms with van der Waals surface area (Å²) in [6.45, 7) is 0. The number of aromatic nitrogens is 8. The number of hydrogen-bond acceptors (Lipinski definition) is 13. The van der Waals surface area contributed by atoms with Crippen molar-refractivity contribution in [2.45, 2.75) is 23.3 Å². The number of halogens is 9. The lowest BCUT2D eigenvalue weighted by Gasteiger charge is -2.32. The van der Waals surface area contributed by atoms with Gasteiger partial charge in [-0.3, -0.25) is 9.97 Å². The van der Waals surface area contributed by atoms with Crippen LogP contribution in [-0.2, 0) is 10.1 Å². The fraction of sp³-hybridized carbons (Fsp3) is 0.0417. The fourth-order valence-electron chi connectivity index (χ4n) is 14.0. The van der Waals surface area contributed by atoms with Gasteiger partial charge in [-0.1, -0.05) is 309 Å². The number of para-hydroxylation sites is 2. The molecule has 0 saturated carbocycles. The Balaban J connectivity index is 0.000000147. The molecular weight excluding hydrogens is 1560 g/mol. The molecule has 4 heterocycles. The summed E-state index contributed by atoms with van der Waals surface area (Å²) in [5.41, 5.74) is 16.7. The largest absolute Gasteiger partial charge is 0.488 e. The van der Waals surface area contributed by atoms with Crippen LogP contribution in [0.1, 0.15) is 0 Å². The molecule has 14 aromatic carbocycles. The molecule has 0 unspecified atom stereocenters. The van der Waals surface area contributed by atoms with E-state index in [1.807, 2.05) is 176 Å². The molecule has 0 amide bonds. The van der Waals surface area contributed by atoms with Gasteiger partial charge in [0, 0.05) is 73.1 Å². The average molecular weight is 1620 g/mol. The molecule has 13 nitrogen and oxygen atoms in total. The predicted octanol–water partition coefficient (Wildman–Crippen LogP) is 23.0. The van der Waals surface area contributed by atoms with E-state index in [1.165, 1.54) is 46.2 Å². The summed E-state index contributed by atoms with van der Waals surface area (Å²) in [4.78, 5) is 37.9. The van der Waals surface area contributed by atoms with Crippen molar-refractivity contribution in [2.24, 2.45) is 0 Å². The van der Waals surface area contributed by atoms with Crippen molar-refractivity contribution in [3.8, 4) is 130 Å². The summed E-state index contributed by atoms with van der Waals surface area (Å²) < 4.78 is 150. The molecule has 0 saturated heterocycles. The summed E-state index contributed by atoms with van der Waals surface area (Å²) in [6.07, 6.45) is -3.59. The number of hydrogen-bond donors (Lipinski definition) is 2. The zero-order chi connectivity index (χ0) is 83.3. The van der Waals surface area contributed by atoms with Crippen molar-refractivity contribution < 1.29 is 62.2 Å². The quantitative estimate of drug-likeness (QED) is 0.0499. The topological polar surface area (TPSA) is 187 Å². The molecule has 0 fully saturated rings. The van der Waals surface area contributed by atoms with Gasteiger partial charge < -0.3 is 14.2 Å². The van der Waals surface area contributed by atoms with Crippen LogP contribution in [0.4, 0.5) is 39.5 Å². The lowest BCUT2D eigenvalue weighted by atomic mass is 9.79. The van der Waals surface area contributed by atoms with Gasteiger partial charge in [-0.25, -0.2) is 29.9 Å². The SMILES string of the molecule is O=S(=O)(Oc1ccc(-c2cccc(-c3nc(-c4ccccc4)nc(-c4ccccc4)n3)c2)c2ccccc12)C(F)(F)C(F)(F)C(F)(F)C(F)(F)F.OB(O)c1cccc(-c2cccc3cccnc23)c1.c1ccc(-c2nc(-c3ccccc3)nc(-c3cccc(-c4ccc(-c5cccc(-c6cccc7cccnc67)c5)c5ccccc45)c3)n2)cc1. The third kappa shape index (κ3) is 16.0. The van der Waals surface area contributed by atoms with Crippen LogP contribution in [0.5, 0.6) is 5.75 Å². The van der Waals surface area contributed by atoms with E-state index in [0.29, 0.717) is 62.4 Å². The van der Waals surface area contributed by atoms with Crippen LogP contribution in [0, 0.1) is 0 Å².